The minimum Gasteiger partial charge on any atom is -0.264 e. The first kappa shape index (κ1) is 14.1. The van der Waals surface area contributed by atoms with Gasteiger partial charge in [-0.15, -0.1) is 0 Å². The molecule has 114 valence electrons. The van der Waals surface area contributed by atoms with Gasteiger partial charge in [0.1, 0.15) is 12.0 Å². The van der Waals surface area contributed by atoms with Gasteiger partial charge >= 0.3 is 0 Å². The number of aromatic nitrogens is 6. The molecule has 0 amide bonds. The molecule has 0 saturated heterocycles. The fraction of sp³-hybridized carbons (Fsp3) is 0. The molecule has 4 aromatic rings. The maximum atomic E-state index is 4.72. The van der Waals surface area contributed by atoms with E-state index in [0.717, 1.165) is 28.2 Å². The first-order valence-corrected chi connectivity index (χ1v) is 7.37. The Morgan fingerprint density at radius 3 is 2.42 bits per heavy atom. The molecule has 4 heterocycles. The summed E-state index contributed by atoms with van der Waals surface area (Å²) >= 11 is 0. The quantitative estimate of drug-likeness (QED) is 0.578. The van der Waals surface area contributed by atoms with Gasteiger partial charge in [-0.25, -0.2) is 19.9 Å². The molecular weight excluding hydrogens is 300 g/mol. The van der Waals surface area contributed by atoms with E-state index >= 15 is 0 Å². The van der Waals surface area contributed by atoms with Crippen molar-refractivity contribution in [2.75, 3.05) is 0 Å². The van der Waals surface area contributed by atoms with Gasteiger partial charge in [0.15, 0.2) is 5.82 Å². The Balaban J connectivity index is 1.92. The van der Waals surface area contributed by atoms with Gasteiger partial charge in [-0.1, -0.05) is 6.07 Å². The number of hydrogen-bond acceptors (Lipinski definition) is 6. The zero-order valence-electron chi connectivity index (χ0n) is 12.6. The van der Waals surface area contributed by atoms with Crippen LogP contribution in [-0.4, -0.2) is 29.9 Å². The summed E-state index contributed by atoms with van der Waals surface area (Å²) in [6.45, 7) is 0. The molecule has 0 fully saturated rings. The molecule has 0 aliphatic rings. The third kappa shape index (κ3) is 2.72. The number of nitrogens with zero attached hydrogens (tertiary/aromatic N) is 6. The number of rotatable bonds is 3. The molecule has 0 atom stereocenters. The topological polar surface area (TPSA) is 77.3 Å². The van der Waals surface area contributed by atoms with Gasteiger partial charge in [0.2, 0.25) is 0 Å². The fourth-order valence-electron chi connectivity index (χ4n) is 2.36. The molecule has 4 aromatic heterocycles. The van der Waals surface area contributed by atoms with Crippen LogP contribution in [0.1, 0.15) is 0 Å². The highest BCUT2D eigenvalue weighted by molar-refractivity contribution is 5.79. The normalized spacial score (nSPS) is 10.5. The van der Waals surface area contributed by atoms with Crippen molar-refractivity contribution >= 4 is 0 Å². The highest BCUT2D eigenvalue weighted by Crippen LogP contribution is 2.29. The molecule has 0 saturated carbocycles. The number of hydrogen-bond donors (Lipinski definition) is 0. The summed E-state index contributed by atoms with van der Waals surface area (Å²) in [5, 5.41) is 0. The van der Waals surface area contributed by atoms with Crippen molar-refractivity contribution in [3.05, 3.63) is 73.7 Å². The molecule has 0 spiro atoms. The summed E-state index contributed by atoms with van der Waals surface area (Å²) in [7, 11) is 0. The van der Waals surface area contributed by atoms with E-state index in [1.807, 2.05) is 36.4 Å². The zero-order valence-corrected chi connectivity index (χ0v) is 12.6. The van der Waals surface area contributed by atoms with Crippen LogP contribution in [0.3, 0.4) is 0 Å². The molecule has 6 nitrogen and oxygen atoms in total. The predicted octanol–water partition coefficient (Wildman–Crippen LogP) is 3.06. The average molecular weight is 312 g/mol. The van der Waals surface area contributed by atoms with E-state index in [4.69, 9.17) is 4.98 Å². The Kier molecular flexibility index (Phi) is 3.69. The van der Waals surface area contributed by atoms with Crippen LogP contribution < -0.4 is 0 Å². The van der Waals surface area contributed by atoms with Crippen LogP contribution in [0, 0.1) is 0 Å². The predicted molar refractivity (Wildman–Crippen MR) is 89.5 cm³/mol. The lowest BCUT2D eigenvalue weighted by atomic mass is 10.1. The fourth-order valence-corrected chi connectivity index (χ4v) is 2.36. The molecule has 0 radical (unpaired) electrons. The van der Waals surface area contributed by atoms with Crippen molar-refractivity contribution < 1.29 is 0 Å². The maximum absolute atomic E-state index is 4.72. The van der Waals surface area contributed by atoms with Gasteiger partial charge in [0.05, 0.1) is 11.4 Å². The largest absolute Gasteiger partial charge is 0.264 e. The van der Waals surface area contributed by atoms with Gasteiger partial charge in [-0.2, -0.15) is 0 Å². The van der Waals surface area contributed by atoms with E-state index in [1.165, 1.54) is 6.33 Å². The van der Waals surface area contributed by atoms with Crippen molar-refractivity contribution in [1.29, 1.82) is 0 Å². The Labute approximate surface area is 138 Å². The summed E-state index contributed by atoms with van der Waals surface area (Å²) in [6, 6.07) is 11.3. The van der Waals surface area contributed by atoms with Gasteiger partial charge in [-0.05, 0) is 30.3 Å². The SMILES string of the molecule is c1ccc(-c2ncc(-c3ccncn3)c(-c3cccnc3)n2)nc1. The second kappa shape index (κ2) is 6.29. The Hall–Kier alpha value is -3.54. The average Bonchev–Trinajstić information content (AvgIpc) is 2.69. The van der Waals surface area contributed by atoms with Gasteiger partial charge < -0.3 is 0 Å². The van der Waals surface area contributed by atoms with Gasteiger partial charge in [-0.3, -0.25) is 9.97 Å². The summed E-state index contributed by atoms with van der Waals surface area (Å²) in [4.78, 5) is 26.0. The molecule has 0 aromatic carbocycles. The maximum Gasteiger partial charge on any atom is 0.178 e. The molecular formula is C18H12N6. The van der Waals surface area contributed by atoms with Crippen molar-refractivity contribution in [3.63, 3.8) is 0 Å². The minimum absolute atomic E-state index is 0.562. The molecule has 24 heavy (non-hydrogen) atoms. The van der Waals surface area contributed by atoms with Crippen molar-refractivity contribution in [2.24, 2.45) is 0 Å². The third-order valence-corrected chi connectivity index (χ3v) is 3.48. The van der Waals surface area contributed by atoms with Crippen LogP contribution in [0.25, 0.3) is 34.0 Å². The molecule has 0 aliphatic carbocycles. The van der Waals surface area contributed by atoms with Crippen LogP contribution in [0.15, 0.2) is 73.7 Å². The molecule has 0 aliphatic heterocycles. The van der Waals surface area contributed by atoms with Crippen LogP contribution in [0.5, 0.6) is 0 Å². The molecule has 0 bridgehead atoms. The molecule has 0 unspecified atom stereocenters. The lowest BCUT2D eigenvalue weighted by Gasteiger charge is -2.09. The third-order valence-electron chi connectivity index (χ3n) is 3.48. The smallest absolute Gasteiger partial charge is 0.178 e. The van der Waals surface area contributed by atoms with Gasteiger partial charge in [0.25, 0.3) is 0 Å². The van der Waals surface area contributed by atoms with E-state index in [2.05, 4.69) is 24.9 Å². The standard InChI is InChI=1S/C18H12N6/c1-2-8-21-16(5-1)18-22-11-14(15-6-9-20-12-23-15)17(24-18)13-4-3-7-19-10-13/h1-12H. The van der Waals surface area contributed by atoms with Crippen molar-refractivity contribution in [2.45, 2.75) is 0 Å². The lowest BCUT2D eigenvalue weighted by molar-refractivity contribution is 1.12. The van der Waals surface area contributed by atoms with Crippen LogP contribution >= 0.6 is 0 Å². The Bertz CT molecular complexity index is 943. The monoisotopic (exact) mass is 312 g/mol. The zero-order chi connectivity index (χ0) is 16.2. The van der Waals surface area contributed by atoms with E-state index < -0.39 is 0 Å². The molecule has 4 rings (SSSR count). The molecule has 6 heteroatoms. The van der Waals surface area contributed by atoms with Crippen molar-refractivity contribution in [1.82, 2.24) is 29.9 Å². The first-order chi connectivity index (χ1) is 11.9. The van der Waals surface area contributed by atoms with Crippen LogP contribution in [0.4, 0.5) is 0 Å². The summed E-state index contributed by atoms with van der Waals surface area (Å²) < 4.78 is 0. The Morgan fingerprint density at radius 1 is 0.667 bits per heavy atom. The first-order valence-electron chi connectivity index (χ1n) is 7.37. The van der Waals surface area contributed by atoms with Crippen LogP contribution in [0.2, 0.25) is 0 Å². The van der Waals surface area contributed by atoms with E-state index in [1.54, 1.807) is 31.0 Å². The Morgan fingerprint density at radius 2 is 1.67 bits per heavy atom. The second-order valence-electron chi connectivity index (χ2n) is 5.01. The summed E-state index contributed by atoms with van der Waals surface area (Å²) in [5.74, 6) is 0.562. The van der Waals surface area contributed by atoms with E-state index in [-0.39, 0.29) is 0 Å². The van der Waals surface area contributed by atoms with E-state index in [9.17, 15) is 0 Å². The summed E-state index contributed by atoms with van der Waals surface area (Å²) in [5.41, 5.74) is 3.96. The highest BCUT2D eigenvalue weighted by atomic mass is 14.9. The second-order valence-corrected chi connectivity index (χ2v) is 5.01. The number of pyridine rings is 2. The molecule has 0 N–H and O–H groups in total. The van der Waals surface area contributed by atoms with Crippen molar-refractivity contribution in [3.8, 4) is 34.0 Å². The highest BCUT2D eigenvalue weighted by Gasteiger charge is 2.14. The van der Waals surface area contributed by atoms with E-state index in [0.29, 0.717) is 5.82 Å². The van der Waals surface area contributed by atoms with Crippen LogP contribution in [-0.2, 0) is 0 Å². The summed E-state index contributed by atoms with van der Waals surface area (Å²) in [6.07, 6.45) is 10.2. The van der Waals surface area contributed by atoms with Gasteiger partial charge in [0, 0.05) is 42.1 Å². The minimum atomic E-state index is 0.562. The lowest BCUT2D eigenvalue weighted by Crippen LogP contribution is -1.98.